The first-order valence-corrected chi connectivity index (χ1v) is 24.4. The zero-order valence-corrected chi connectivity index (χ0v) is 43.9. The van der Waals surface area contributed by atoms with Crippen LogP contribution in [0.4, 0.5) is 13.2 Å². The highest BCUT2D eigenvalue weighted by Crippen LogP contribution is 2.68. The number of alkyl halides is 3. The molecule has 388 valence electrons. The number of methoxy groups -OCH3 is 1. The quantitative estimate of drug-likeness (QED) is 0.109. The number of carbonyl (C=O) groups is 6. The lowest BCUT2D eigenvalue weighted by molar-refractivity contribution is -0.207. The van der Waals surface area contributed by atoms with E-state index in [0.717, 1.165) is 32.1 Å². The first-order chi connectivity index (χ1) is 30.7. The Balaban J connectivity index is 0.000000192. The van der Waals surface area contributed by atoms with E-state index in [1.807, 2.05) is 41.5 Å². The van der Waals surface area contributed by atoms with E-state index in [4.69, 9.17) is 33.2 Å². The number of rotatable bonds is 11. The van der Waals surface area contributed by atoms with E-state index < -0.39 is 97.4 Å². The average molecular weight is 971 g/mol. The highest BCUT2D eigenvalue weighted by atomic mass is 19.3. The molecular formula is C52H81F3O13. The van der Waals surface area contributed by atoms with Gasteiger partial charge in [-0.15, -0.1) is 0 Å². The summed E-state index contributed by atoms with van der Waals surface area (Å²) in [5.74, 6) is -4.65. The first-order valence-electron chi connectivity index (χ1n) is 24.4. The Morgan fingerprint density at radius 3 is 1.51 bits per heavy atom. The Morgan fingerprint density at radius 1 is 0.691 bits per heavy atom. The van der Waals surface area contributed by atoms with E-state index in [1.54, 1.807) is 55.6 Å². The summed E-state index contributed by atoms with van der Waals surface area (Å²) < 4.78 is 79.1. The molecule has 8 bridgehead atoms. The molecule has 8 atom stereocenters. The lowest BCUT2D eigenvalue weighted by Crippen LogP contribution is -2.57. The van der Waals surface area contributed by atoms with Crippen LogP contribution >= 0.6 is 0 Å². The molecule has 6 saturated carbocycles. The molecule has 0 aromatic rings. The van der Waals surface area contributed by atoms with E-state index in [-0.39, 0.29) is 29.9 Å². The number of esters is 6. The summed E-state index contributed by atoms with van der Waals surface area (Å²) in [4.78, 5) is 74.2. The Kier molecular flexibility index (Phi) is 14.4. The van der Waals surface area contributed by atoms with Crippen molar-refractivity contribution in [2.45, 2.75) is 205 Å². The van der Waals surface area contributed by atoms with Gasteiger partial charge in [0.2, 0.25) is 11.2 Å². The fourth-order valence-electron chi connectivity index (χ4n) is 12.0. The summed E-state index contributed by atoms with van der Waals surface area (Å²) in [6.45, 7) is 26.7. The molecule has 2 aliphatic heterocycles. The van der Waals surface area contributed by atoms with Gasteiger partial charge in [0, 0.05) is 28.8 Å². The molecule has 8 rings (SSSR count). The van der Waals surface area contributed by atoms with Gasteiger partial charge < -0.3 is 33.2 Å². The van der Waals surface area contributed by atoms with Crippen LogP contribution in [0.1, 0.15) is 175 Å². The maximum absolute atomic E-state index is 14.0. The van der Waals surface area contributed by atoms with Gasteiger partial charge >= 0.3 is 35.8 Å². The van der Waals surface area contributed by atoms with Crippen LogP contribution in [0.15, 0.2) is 0 Å². The third-order valence-corrected chi connectivity index (χ3v) is 18.0. The topological polar surface area (TPSA) is 167 Å². The smallest absolute Gasteiger partial charge is 0.351 e. The third-order valence-electron chi connectivity index (χ3n) is 18.0. The third kappa shape index (κ3) is 9.20. The van der Waals surface area contributed by atoms with Crippen LogP contribution in [0.25, 0.3) is 0 Å². The summed E-state index contributed by atoms with van der Waals surface area (Å²) in [6.07, 6.45) is 5.98. The summed E-state index contributed by atoms with van der Waals surface area (Å²) in [7, 11) is 1.55. The average Bonchev–Trinajstić information content (AvgIpc) is 3.67. The Bertz CT molecular complexity index is 1980. The molecule has 0 N–H and O–H groups in total. The van der Waals surface area contributed by atoms with Crippen LogP contribution in [0.2, 0.25) is 0 Å². The van der Waals surface area contributed by atoms with Gasteiger partial charge in [0.15, 0.2) is 12.9 Å². The van der Waals surface area contributed by atoms with Crippen molar-refractivity contribution in [1.82, 2.24) is 0 Å². The summed E-state index contributed by atoms with van der Waals surface area (Å²) in [5, 5.41) is 0. The molecule has 8 fully saturated rings. The van der Waals surface area contributed by atoms with Gasteiger partial charge in [-0.3, -0.25) is 19.2 Å². The fourth-order valence-corrected chi connectivity index (χ4v) is 12.0. The van der Waals surface area contributed by atoms with Crippen molar-refractivity contribution in [3.8, 4) is 0 Å². The van der Waals surface area contributed by atoms with Gasteiger partial charge in [-0.05, 0) is 123 Å². The molecular weight excluding hydrogens is 890 g/mol. The minimum atomic E-state index is -3.16. The van der Waals surface area contributed by atoms with Crippen LogP contribution in [-0.2, 0) is 61.9 Å². The van der Waals surface area contributed by atoms with E-state index >= 15 is 0 Å². The molecule has 13 nitrogen and oxygen atoms in total. The second kappa shape index (κ2) is 17.7. The first kappa shape index (κ1) is 55.5. The van der Waals surface area contributed by atoms with Gasteiger partial charge in [0.05, 0.1) is 28.3 Å². The van der Waals surface area contributed by atoms with Gasteiger partial charge in [0.25, 0.3) is 5.92 Å². The van der Waals surface area contributed by atoms with Gasteiger partial charge in [-0.1, -0.05) is 69.2 Å². The second-order valence-corrected chi connectivity index (χ2v) is 26.1. The van der Waals surface area contributed by atoms with E-state index in [0.29, 0.717) is 44.1 Å². The van der Waals surface area contributed by atoms with Gasteiger partial charge in [-0.2, -0.15) is 0 Å². The SMILES string of the molecule is CC(C)(C)C(F)(F)COC(=O)C12CCC(C)(C(=O)O1)C2(C)C.CC(C)(C)C(F)COC(=O)C12CCC(C)(C(=O)O1)C2(C)C.COC(C)OC(=O)C12CC3CC(CC(COC(=O)C(C)(C)C)(C3)C1)C2. The lowest BCUT2D eigenvalue weighted by atomic mass is 9.44. The highest BCUT2D eigenvalue weighted by Gasteiger charge is 2.78. The summed E-state index contributed by atoms with van der Waals surface area (Å²) in [6, 6.07) is 0. The van der Waals surface area contributed by atoms with Gasteiger partial charge in [0.1, 0.15) is 12.8 Å². The zero-order valence-electron chi connectivity index (χ0n) is 43.9. The molecule has 8 aliphatic rings. The van der Waals surface area contributed by atoms with Crippen molar-refractivity contribution in [3.05, 3.63) is 0 Å². The Hall–Kier alpha value is -3.43. The predicted molar refractivity (Wildman–Crippen MR) is 243 cm³/mol. The molecule has 6 aliphatic carbocycles. The minimum Gasteiger partial charge on any atom is -0.465 e. The highest BCUT2D eigenvalue weighted by molar-refractivity contribution is 5.94. The minimum absolute atomic E-state index is 0.0552. The number of halogens is 3. The van der Waals surface area contributed by atoms with Crippen molar-refractivity contribution in [2.75, 3.05) is 26.9 Å². The molecule has 16 heteroatoms. The molecule has 0 radical (unpaired) electrons. The lowest BCUT2D eigenvalue weighted by Gasteiger charge is -2.60. The summed E-state index contributed by atoms with van der Waals surface area (Å²) >= 11 is 0. The monoisotopic (exact) mass is 971 g/mol. The summed E-state index contributed by atoms with van der Waals surface area (Å²) in [5.41, 5.74) is -8.49. The van der Waals surface area contributed by atoms with Crippen molar-refractivity contribution in [1.29, 1.82) is 0 Å². The van der Waals surface area contributed by atoms with Crippen LogP contribution < -0.4 is 0 Å². The van der Waals surface area contributed by atoms with Crippen molar-refractivity contribution in [3.63, 3.8) is 0 Å². The van der Waals surface area contributed by atoms with Crippen molar-refractivity contribution in [2.24, 2.45) is 60.6 Å². The molecule has 0 spiro atoms. The Labute approximate surface area is 402 Å². The number of hydrogen-bond donors (Lipinski definition) is 0. The molecule has 0 aromatic carbocycles. The van der Waals surface area contributed by atoms with Crippen LogP contribution in [0, 0.1) is 60.6 Å². The molecule has 68 heavy (non-hydrogen) atoms. The largest absolute Gasteiger partial charge is 0.465 e. The second-order valence-electron chi connectivity index (χ2n) is 26.1. The number of hydrogen-bond acceptors (Lipinski definition) is 13. The molecule has 8 unspecified atom stereocenters. The maximum Gasteiger partial charge on any atom is 0.351 e. The zero-order chi connectivity index (χ0) is 51.9. The molecule has 2 heterocycles. The maximum atomic E-state index is 14.0. The fraction of sp³-hybridized carbons (Fsp3) is 0.885. The Morgan fingerprint density at radius 2 is 1.15 bits per heavy atom. The van der Waals surface area contributed by atoms with Crippen LogP contribution in [0.3, 0.4) is 0 Å². The normalized spacial score (nSPS) is 35.7. The van der Waals surface area contributed by atoms with Crippen molar-refractivity contribution >= 4 is 35.8 Å². The van der Waals surface area contributed by atoms with Crippen molar-refractivity contribution < 1.29 is 75.1 Å². The van der Waals surface area contributed by atoms with Gasteiger partial charge in [-0.25, -0.2) is 22.8 Å². The number of ether oxygens (including phenoxy) is 7. The molecule has 0 aromatic heterocycles. The van der Waals surface area contributed by atoms with Crippen LogP contribution in [-0.4, -0.2) is 92.3 Å². The number of fused-ring (bicyclic) bond motifs is 4. The predicted octanol–water partition coefficient (Wildman–Crippen LogP) is 10.1. The molecule has 0 amide bonds. The van der Waals surface area contributed by atoms with E-state index in [2.05, 4.69) is 0 Å². The van der Waals surface area contributed by atoms with Crippen LogP contribution in [0.5, 0.6) is 0 Å². The standard InChI is InChI=1S/C20H32O5.C16H24F2O4.C16H25FO4/c1-13(23-5)25-17(22)20-9-14-6-15(10-20)8-19(7-14,11-20)12-24-16(21)18(2,3)4;1-12(2,3)16(17,18)9-21-11(20)15-8-7-14(6,10(19)22-15)13(15,4)5;1-13(2,3)10(17)9-20-12(19)16-8-7-15(6,11(18)21-16)14(16,4)5/h13-15H,6-12H2,1-5H3;7-9H2,1-6H3;10H,7-9H2,1-6H3. The number of carbonyl (C=O) groups excluding carboxylic acids is 6. The van der Waals surface area contributed by atoms with E-state index in [1.165, 1.54) is 27.2 Å². The molecule has 2 saturated heterocycles. The van der Waals surface area contributed by atoms with E-state index in [9.17, 15) is 41.9 Å².